The molecule has 0 aromatic heterocycles. The summed E-state index contributed by atoms with van der Waals surface area (Å²) in [7, 11) is -3.85. The third-order valence-electron chi connectivity index (χ3n) is 8.16. The maximum Gasteiger partial charge on any atom is 0.306 e. The van der Waals surface area contributed by atoms with Gasteiger partial charge in [-0.3, -0.25) is 4.79 Å². The molecule has 0 spiro atoms. The summed E-state index contributed by atoms with van der Waals surface area (Å²) in [6.07, 6.45) is -0.456. The van der Waals surface area contributed by atoms with Gasteiger partial charge in [0.2, 0.25) is 10.0 Å². The lowest BCUT2D eigenvalue weighted by atomic mass is 9.83. The number of ether oxygens (including phenoxy) is 2. The molecule has 0 fully saturated rings. The summed E-state index contributed by atoms with van der Waals surface area (Å²) < 4.78 is 56.1. The Balaban J connectivity index is 1.55. The first-order valence-corrected chi connectivity index (χ1v) is 15.7. The maximum absolute atomic E-state index is 16.1. The number of azo groups is 1. The molecule has 222 valence electrons. The number of fused-ring (bicyclic) bond motifs is 2. The number of aryl methyl sites for hydroxylation is 1. The Morgan fingerprint density at radius 1 is 1.14 bits per heavy atom. The molecule has 0 amide bonds. The van der Waals surface area contributed by atoms with E-state index in [0.717, 1.165) is 16.7 Å². The van der Waals surface area contributed by atoms with Crippen LogP contribution < -0.4 is 4.74 Å². The summed E-state index contributed by atoms with van der Waals surface area (Å²) in [6.45, 7) is 9.85. The lowest BCUT2D eigenvalue weighted by Gasteiger charge is -2.26. The summed E-state index contributed by atoms with van der Waals surface area (Å²) >= 11 is 0. The molecule has 3 aromatic carbocycles. The predicted molar refractivity (Wildman–Crippen MR) is 157 cm³/mol. The van der Waals surface area contributed by atoms with Crippen LogP contribution in [-0.2, 0) is 26.1 Å². The molecule has 2 aliphatic heterocycles. The SMILES string of the molecule is CCOC(=O)CC(c1ccc(C)c(CN2CC(C)Oc3ccccc3S2(=O)=O)c1)c1ccc2c(c1F)N=NC(C)C2C. The third kappa shape index (κ3) is 5.70. The lowest BCUT2D eigenvalue weighted by Crippen LogP contribution is -2.35. The normalized spacial score (nSPS) is 21.9. The number of hydrogen-bond acceptors (Lipinski definition) is 7. The number of para-hydroxylation sites is 1. The van der Waals surface area contributed by atoms with Gasteiger partial charge in [0, 0.05) is 18.4 Å². The van der Waals surface area contributed by atoms with Gasteiger partial charge in [-0.1, -0.05) is 49.4 Å². The highest BCUT2D eigenvalue weighted by Crippen LogP contribution is 2.42. The number of carbonyl (C=O) groups excluding carboxylic acids is 1. The third-order valence-corrected chi connectivity index (χ3v) is 10.0. The zero-order chi connectivity index (χ0) is 30.2. The fourth-order valence-electron chi connectivity index (χ4n) is 5.59. The zero-order valence-corrected chi connectivity index (χ0v) is 25.3. The second-order valence-corrected chi connectivity index (χ2v) is 13.0. The molecule has 2 aliphatic rings. The van der Waals surface area contributed by atoms with Crippen molar-refractivity contribution < 1.29 is 27.1 Å². The highest BCUT2D eigenvalue weighted by atomic mass is 32.2. The topological polar surface area (TPSA) is 97.6 Å². The van der Waals surface area contributed by atoms with Crippen LogP contribution in [0.25, 0.3) is 0 Å². The second kappa shape index (κ2) is 11.9. The van der Waals surface area contributed by atoms with Crippen molar-refractivity contribution in [2.24, 2.45) is 10.2 Å². The van der Waals surface area contributed by atoms with Crippen molar-refractivity contribution in [3.05, 3.63) is 88.2 Å². The monoisotopic (exact) mass is 593 g/mol. The number of nitrogens with zero attached hydrogens (tertiary/aromatic N) is 3. The molecule has 0 aliphatic carbocycles. The Labute approximate surface area is 246 Å². The van der Waals surface area contributed by atoms with Crippen LogP contribution in [0.5, 0.6) is 5.75 Å². The zero-order valence-electron chi connectivity index (χ0n) is 24.5. The number of hydrogen-bond donors (Lipinski definition) is 0. The summed E-state index contributed by atoms with van der Waals surface area (Å²) in [5.74, 6) is -1.31. The molecule has 5 rings (SSSR count). The van der Waals surface area contributed by atoms with E-state index in [2.05, 4.69) is 10.2 Å². The first-order chi connectivity index (χ1) is 20.0. The van der Waals surface area contributed by atoms with Gasteiger partial charge in [-0.25, -0.2) is 12.8 Å². The van der Waals surface area contributed by atoms with Crippen molar-refractivity contribution >= 4 is 21.7 Å². The van der Waals surface area contributed by atoms with Gasteiger partial charge in [0.1, 0.15) is 22.4 Å². The van der Waals surface area contributed by atoms with Gasteiger partial charge in [0.25, 0.3) is 0 Å². The van der Waals surface area contributed by atoms with Gasteiger partial charge in [-0.05, 0) is 67.6 Å². The smallest absolute Gasteiger partial charge is 0.306 e. The summed E-state index contributed by atoms with van der Waals surface area (Å²) in [5.41, 5.74) is 3.59. The lowest BCUT2D eigenvalue weighted by molar-refractivity contribution is -0.143. The summed E-state index contributed by atoms with van der Waals surface area (Å²) in [4.78, 5) is 12.9. The van der Waals surface area contributed by atoms with Crippen molar-refractivity contribution in [3.8, 4) is 5.75 Å². The molecule has 0 saturated carbocycles. The molecule has 0 saturated heterocycles. The summed E-state index contributed by atoms with van der Waals surface area (Å²) in [5, 5.41) is 8.42. The van der Waals surface area contributed by atoms with Crippen molar-refractivity contribution in [2.45, 2.75) is 76.5 Å². The second-order valence-electron chi connectivity index (χ2n) is 11.1. The minimum atomic E-state index is -3.85. The van der Waals surface area contributed by atoms with E-state index < -0.39 is 27.7 Å². The number of sulfonamides is 1. The largest absolute Gasteiger partial charge is 0.488 e. The van der Waals surface area contributed by atoms with E-state index in [-0.39, 0.29) is 54.8 Å². The number of halogens is 1. The van der Waals surface area contributed by atoms with Crippen molar-refractivity contribution in [1.29, 1.82) is 0 Å². The Kier molecular flexibility index (Phi) is 8.48. The Bertz CT molecular complexity index is 1640. The van der Waals surface area contributed by atoms with E-state index in [4.69, 9.17) is 9.47 Å². The molecule has 4 unspecified atom stereocenters. The van der Waals surface area contributed by atoms with Crippen molar-refractivity contribution in [3.63, 3.8) is 0 Å². The molecule has 0 N–H and O–H groups in total. The molecular weight excluding hydrogens is 557 g/mol. The average molecular weight is 594 g/mol. The van der Waals surface area contributed by atoms with Crippen LogP contribution in [0.1, 0.15) is 73.8 Å². The van der Waals surface area contributed by atoms with Crippen molar-refractivity contribution in [1.82, 2.24) is 4.31 Å². The number of rotatable bonds is 7. The van der Waals surface area contributed by atoms with E-state index in [1.807, 2.05) is 52.0 Å². The van der Waals surface area contributed by atoms with Crippen LogP contribution in [0, 0.1) is 12.7 Å². The van der Waals surface area contributed by atoms with Crippen LogP contribution in [-0.4, -0.2) is 44.0 Å². The van der Waals surface area contributed by atoms with Crippen LogP contribution >= 0.6 is 0 Å². The van der Waals surface area contributed by atoms with Gasteiger partial charge in [0.05, 0.1) is 25.6 Å². The first-order valence-electron chi connectivity index (χ1n) is 14.2. The Morgan fingerprint density at radius 2 is 1.90 bits per heavy atom. The molecule has 0 radical (unpaired) electrons. The van der Waals surface area contributed by atoms with Crippen LogP contribution in [0.3, 0.4) is 0 Å². The minimum absolute atomic E-state index is 0.00242. The fraction of sp³-hybridized carbons (Fsp3) is 0.406. The Hall–Kier alpha value is -3.63. The van der Waals surface area contributed by atoms with Gasteiger partial charge in [-0.2, -0.15) is 14.5 Å². The maximum atomic E-state index is 16.1. The molecule has 2 heterocycles. The van der Waals surface area contributed by atoms with Gasteiger partial charge < -0.3 is 9.47 Å². The van der Waals surface area contributed by atoms with E-state index >= 15 is 4.39 Å². The average Bonchev–Trinajstić information content (AvgIpc) is 3.04. The van der Waals surface area contributed by atoms with Crippen molar-refractivity contribution in [2.75, 3.05) is 13.2 Å². The first kappa shape index (κ1) is 29.8. The number of benzene rings is 3. The molecule has 8 nitrogen and oxygen atoms in total. The number of esters is 1. The van der Waals surface area contributed by atoms with E-state index in [1.165, 1.54) is 4.31 Å². The number of carbonyl (C=O) groups is 1. The van der Waals surface area contributed by atoms with E-state index in [9.17, 15) is 13.2 Å². The molecule has 3 aromatic rings. The van der Waals surface area contributed by atoms with Crippen LogP contribution in [0.2, 0.25) is 0 Å². The molecule has 42 heavy (non-hydrogen) atoms. The summed E-state index contributed by atoms with van der Waals surface area (Å²) in [6, 6.07) is 15.7. The molecular formula is C32H36FN3O5S. The van der Waals surface area contributed by atoms with Crippen LogP contribution in [0.15, 0.2) is 69.7 Å². The minimum Gasteiger partial charge on any atom is -0.488 e. The standard InChI is InChI=1S/C32H36FN3O5S/c1-6-40-30(37)16-27(26-14-13-25-21(4)22(5)34-35-32(25)31(26)33)23-12-11-19(2)24(15-23)18-36-17-20(3)41-28-9-7-8-10-29(28)42(36,38)39/h7-15,20-22,27H,6,16-18H2,1-5H3. The fourth-order valence-corrected chi connectivity index (χ4v) is 7.21. The highest BCUT2D eigenvalue weighted by molar-refractivity contribution is 7.89. The molecule has 4 atom stereocenters. The van der Waals surface area contributed by atoms with Gasteiger partial charge >= 0.3 is 5.97 Å². The van der Waals surface area contributed by atoms with E-state index in [0.29, 0.717) is 16.9 Å². The Morgan fingerprint density at radius 3 is 2.67 bits per heavy atom. The highest BCUT2D eigenvalue weighted by Gasteiger charge is 2.34. The molecule has 0 bridgehead atoms. The van der Waals surface area contributed by atoms with Gasteiger partial charge in [-0.15, -0.1) is 0 Å². The quantitative estimate of drug-likeness (QED) is 0.281. The molecule has 10 heteroatoms. The van der Waals surface area contributed by atoms with Gasteiger partial charge in [0.15, 0.2) is 5.82 Å². The van der Waals surface area contributed by atoms with Crippen LogP contribution in [0.4, 0.5) is 10.1 Å². The van der Waals surface area contributed by atoms with E-state index in [1.54, 1.807) is 37.3 Å². The predicted octanol–water partition coefficient (Wildman–Crippen LogP) is 6.78.